The summed E-state index contributed by atoms with van der Waals surface area (Å²) in [6.45, 7) is 5.99. The van der Waals surface area contributed by atoms with E-state index in [0.29, 0.717) is 28.5 Å². The van der Waals surface area contributed by atoms with E-state index in [-0.39, 0.29) is 28.4 Å². The Morgan fingerprint density at radius 2 is 1.78 bits per heavy atom. The van der Waals surface area contributed by atoms with Crippen LogP contribution in [-0.2, 0) is 6.18 Å². The Morgan fingerprint density at radius 1 is 1.03 bits per heavy atom. The summed E-state index contributed by atoms with van der Waals surface area (Å²) in [4.78, 5) is 0. The Hall–Kier alpha value is -3.94. The van der Waals surface area contributed by atoms with Gasteiger partial charge in [-0.2, -0.15) is 13.2 Å². The third kappa shape index (κ3) is 3.96. The number of hydrogen-bond donors (Lipinski definition) is 2. The van der Waals surface area contributed by atoms with Gasteiger partial charge in [-0.3, -0.25) is 0 Å². The molecule has 2 heterocycles. The largest absolute Gasteiger partial charge is 0.504 e. The smallest absolute Gasteiger partial charge is 0.416 e. The third-order valence-electron chi connectivity index (χ3n) is 6.22. The number of halogens is 4. The molecule has 0 amide bonds. The lowest BCUT2D eigenvalue weighted by molar-refractivity contribution is -0.137. The molecule has 2 aliphatic heterocycles. The van der Waals surface area contributed by atoms with Crippen molar-refractivity contribution in [2.75, 3.05) is 12.4 Å². The molecule has 0 bridgehead atoms. The second-order valence-electron chi connectivity index (χ2n) is 9.46. The molecule has 0 atom stereocenters. The first-order valence-electron chi connectivity index (χ1n) is 11.2. The molecular weight excluding hydrogens is 474 g/mol. The molecule has 2 aliphatic rings. The van der Waals surface area contributed by atoms with Crippen molar-refractivity contribution in [1.82, 2.24) is 0 Å². The first-order valence-corrected chi connectivity index (χ1v) is 11.2. The number of phenolic OH excluding ortho intramolecular Hbond substituents is 1. The Morgan fingerprint density at radius 3 is 2.47 bits per heavy atom. The lowest BCUT2D eigenvalue weighted by Gasteiger charge is -2.35. The average molecular weight is 497 g/mol. The van der Waals surface area contributed by atoms with Crippen LogP contribution in [0.4, 0.5) is 23.2 Å². The summed E-state index contributed by atoms with van der Waals surface area (Å²) in [6.07, 6.45) is -1.26. The second kappa shape index (κ2) is 8.05. The van der Waals surface area contributed by atoms with Crippen LogP contribution in [0.5, 0.6) is 17.2 Å². The monoisotopic (exact) mass is 497 g/mol. The number of aromatic hydroxyl groups is 1. The van der Waals surface area contributed by atoms with Crippen molar-refractivity contribution in [3.63, 3.8) is 0 Å². The van der Waals surface area contributed by atoms with Crippen LogP contribution in [-0.4, -0.2) is 17.8 Å². The standard InChI is InChI=1S/C28H23F4NO3/c1-14-13-27(2,3)33-19-6-5-18-24(23(14)19)22(36-21-8-7-20(34)26(35-4)25(18)21)11-15-9-16(28(30,31)32)12-17(29)10-15/h5-13,33-34H,1-4H3/b22-11-. The number of anilines is 1. The van der Waals surface area contributed by atoms with Gasteiger partial charge in [-0.15, -0.1) is 0 Å². The zero-order chi connectivity index (χ0) is 26.0. The van der Waals surface area contributed by atoms with Gasteiger partial charge in [-0.25, -0.2) is 4.39 Å². The van der Waals surface area contributed by atoms with Gasteiger partial charge in [-0.1, -0.05) is 12.1 Å². The van der Waals surface area contributed by atoms with Crippen LogP contribution in [0.2, 0.25) is 0 Å². The van der Waals surface area contributed by atoms with E-state index in [1.165, 1.54) is 19.3 Å². The number of benzene rings is 3. The number of alkyl halides is 3. The summed E-state index contributed by atoms with van der Waals surface area (Å²) >= 11 is 0. The maximum atomic E-state index is 14.2. The van der Waals surface area contributed by atoms with E-state index < -0.39 is 17.6 Å². The van der Waals surface area contributed by atoms with Crippen LogP contribution in [0.3, 0.4) is 0 Å². The number of rotatable bonds is 2. The predicted molar refractivity (Wildman–Crippen MR) is 131 cm³/mol. The number of ether oxygens (including phenoxy) is 2. The number of methoxy groups -OCH3 is 1. The van der Waals surface area contributed by atoms with Crippen LogP contribution in [0.1, 0.15) is 43.0 Å². The number of allylic oxidation sites excluding steroid dienone is 1. The number of hydrogen-bond acceptors (Lipinski definition) is 4. The van der Waals surface area contributed by atoms with Crippen LogP contribution < -0.4 is 14.8 Å². The van der Waals surface area contributed by atoms with E-state index >= 15 is 0 Å². The Labute approximate surface area is 205 Å². The molecular formula is C28H23F4NO3. The van der Waals surface area contributed by atoms with E-state index in [0.717, 1.165) is 29.0 Å². The van der Waals surface area contributed by atoms with E-state index in [1.807, 2.05) is 39.0 Å². The summed E-state index contributed by atoms with van der Waals surface area (Å²) in [6, 6.07) is 9.09. The third-order valence-corrected chi connectivity index (χ3v) is 6.22. The highest BCUT2D eigenvalue weighted by molar-refractivity contribution is 6.02. The molecule has 0 unspecified atom stereocenters. The van der Waals surface area contributed by atoms with E-state index in [2.05, 4.69) is 5.32 Å². The highest BCUT2D eigenvalue weighted by Gasteiger charge is 2.34. The van der Waals surface area contributed by atoms with Gasteiger partial charge in [0.25, 0.3) is 0 Å². The van der Waals surface area contributed by atoms with Gasteiger partial charge < -0.3 is 19.9 Å². The topological polar surface area (TPSA) is 50.7 Å². The molecule has 0 aliphatic carbocycles. The van der Waals surface area contributed by atoms with Gasteiger partial charge in [0, 0.05) is 22.4 Å². The normalized spacial score (nSPS) is 16.8. The molecule has 0 saturated heterocycles. The first-order chi connectivity index (χ1) is 16.9. The van der Waals surface area contributed by atoms with Crippen LogP contribution >= 0.6 is 0 Å². The fourth-order valence-electron chi connectivity index (χ4n) is 4.96. The number of phenols is 1. The molecule has 5 rings (SSSR count). The van der Waals surface area contributed by atoms with Crippen LogP contribution in [0.25, 0.3) is 28.5 Å². The lowest BCUT2D eigenvalue weighted by Crippen LogP contribution is -2.32. The highest BCUT2D eigenvalue weighted by Crippen LogP contribution is 2.54. The zero-order valence-electron chi connectivity index (χ0n) is 20.0. The van der Waals surface area contributed by atoms with Gasteiger partial charge in [0.05, 0.1) is 23.8 Å². The second-order valence-corrected chi connectivity index (χ2v) is 9.46. The van der Waals surface area contributed by atoms with E-state index in [4.69, 9.17) is 9.47 Å². The molecule has 0 radical (unpaired) electrons. The minimum Gasteiger partial charge on any atom is -0.504 e. The quantitative estimate of drug-likeness (QED) is 0.356. The molecule has 0 fully saturated rings. The molecule has 8 heteroatoms. The Balaban J connectivity index is 1.82. The predicted octanol–water partition coefficient (Wildman–Crippen LogP) is 7.72. The molecule has 186 valence electrons. The Bertz CT molecular complexity index is 1470. The van der Waals surface area contributed by atoms with Crippen molar-refractivity contribution in [3.8, 4) is 28.4 Å². The summed E-state index contributed by atoms with van der Waals surface area (Å²) in [5.74, 6) is -0.281. The van der Waals surface area contributed by atoms with Crippen molar-refractivity contribution in [1.29, 1.82) is 0 Å². The molecule has 0 saturated carbocycles. The summed E-state index contributed by atoms with van der Waals surface area (Å²) in [5.41, 5.74) is 2.88. The van der Waals surface area contributed by atoms with Crippen molar-refractivity contribution in [2.24, 2.45) is 0 Å². The molecule has 0 spiro atoms. The van der Waals surface area contributed by atoms with Crippen molar-refractivity contribution in [2.45, 2.75) is 32.5 Å². The fourth-order valence-corrected chi connectivity index (χ4v) is 4.96. The summed E-state index contributed by atoms with van der Waals surface area (Å²) in [7, 11) is 1.43. The van der Waals surface area contributed by atoms with Gasteiger partial charge in [-0.05, 0) is 74.4 Å². The molecule has 36 heavy (non-hydrogen) atoms. The fraction of sp³-hybridized carbons (Fsp3) is 0.214. The van der Waals surface area contributed by atoms with Crippen molar-refractivity contribution in [3.05, 3.63) is 76.6 Å². The SMILES string of the molecule is COc1c(O)ccc2c1-c1ccc3c(c1/C(=C/c1cc(F)cc(C(F)(F)F)c1)O2)C(C)=CC(C)(C)N3. The van der Waals surface area contributed by atoms with Crippen LogP contribution in [0, 0.1) is 5.82 Å². The van der Waals surface area contributed by atoms with E-state index in [1.54, 1.807) is 6.07 Å². The van der Waals surface area contributed by atoms with Crippen molar-refractivity contribution < 1.29 is 32.1 Å². The van der Waals surface area contributed by atoms with Gasteiger partial charge in [0.15, 0.2) is 11.5 Å². The maximum Gasteiger partial charge on any atom is 0.416 e. The maximum absolute atomic E-state index is 14.2. The number of nitrogens with one attached hydrogen (secondary N) is 1. The average Bonchev–Trinajstić information content (AvgIpc) is 2.77. The van der Waals surface area contributed by atoms with Crippen LogP contribution in [0.15, 0.2) is 48.5 Å². The molecule has 3 aromatic rings. The lowest BCUT2D eigenvalue weighted by atomic mass is 9.82. The first kappa shape index (κ1) is 23.8. The number of fused-ring (bicyclic) bond motifs is 5. The van der Waals surface area contributed by atoms with Gasteiger partial charge in [0.1, 0.15) is 17.3 Å². The highest BCUT2D eigenvalue weighted by atomic mass is 19.4. The summed E-state index contributed by atoms with van der Waals surface area (Å²) in [5, 5.41) is 13.9. The molecule has 3 aromatic carbocycles. The minimum atomic E-state index is -4.70. The van der Waals surface area contributed by atoms with Gasteiger partial charge >= 0.3 is 6.18 Å². The van der Waals surface area contributed by atoms with Gasteiger partial charge in [0.2, 0.25) is 0 Å². The minimum absolute atomic E-state index is 0.000743. The zero-order valence-corrected chi connectivity index (χ0v) is 20.0. The molecule has 2 N–H and O–H groups in total. The summed E-state index contributed by atoms with van der Waals surface area (Å²) < 4.78 is 65.9. The molecule has 0 aromatic heterocycles. The Kier molecular flexibility index (Phi) is 5.32. The van der Waals surface area contributed by atoms with Crippen molar-refractivity contribution >= 4 is 23.1 Å². The molecule has 4 nitrogen and oxygen atoms in total. The van der Waals surface area contributed by atoms with E-state index in [9.17, 15) is 22.7 Å².